The molecule has 2 aromatic carbocycles. The first-order chi connectivity index (χ1) is 17.5. The van der Waals surface area contributed by atoms with Crippen molar-refractivity contribution in [1.29, 1.82) is 0 Å². The minimum atomic E-state index is -0.797. The van der Waals surface area contributed by atoms with Crippen LogP contribution in [0.2, 0.25) is 0 Å². The predicted octanol–water partition coefficient (Wildman–Crippen LogP) is 3.40. The molecule has 3 aromatic heterocycles. The van der Waals surface area contributed by atoms with E-state index in [1.54, 1.807) is 24.3 Å². The van der Waals surface area contributed by atoms with Crippen molar-refractivity contribution in [2.24, 2.45) is 7.05 Å². The quantitative estimate of drug-likeness (QED) is 0.416. The van der Waals surface area contributed by atoms with Crippen molar-refractivity contribution in [2.75, 3.05) is 11.9 Å². The van der Waals surface area contributed by atoms with Crippen molar-refractivity contribution < 1.29 is 14.0 Å². The zero-order valence-corrected chi connectivity index (χ0v) is 19.9. The Morgan fingerprint density at radius 2 is 1.94 bits per heavy atom. The van der Waals surface area contributed by atoms with Crippen molar-refractivity contribution in [3.8, 4) is 11.3 Å². The van der Waals surface area contributed by atoms with Gasteiger partial charge in [0.05, 0.1) is 29.6 Å². The van der Waals surface area contributed by atoms with E-state index in [0.29, 0.717) is 12.2 Å². The number of hydrogen-bond acceptors (Lipinski definition) is 5. The van der Waals surface area contributed by atoms with Crippen LogP contribution >= 0.6 is 0 Å². The fraction of sp³-hybridized carbons (Fsp3) is 0.185. The second-order valence-corrected chi connectivity index (χ2v) is 8.93. The molecule has 0 radical (unpaired) electrons. The lowest BCUT2D eigenvalue weighted by Gasteiger charge is -2.21. The first kappa shape index (κ1) is 21.8. The van der Waals surface area contributed by atoms with E-state index in [0.717, 1.165) is 33.4 Å². The number of aromatic nitrogens is 4. The number of carbonyl (C=O) groups is 2. The second-order valence-electron chi connectivity index (χ2n) is 8.93. The van der Waals surface area contributed by atoms with E-state index in [-0.39, 0.29) is 18.3 Å². The molecule has 36 heavy (non-hydrogen) atoms. The summed E-state index contributed by atoms with van der Waals surface area (Å²) in [6.07, 6.45) is 5.85. The molecule has 0 saturated carbocycles. The van der Waals surface area contributed by atoms with Crippen LogP contribution in [0.4, 0.5) is 5.69 Å². The molecule has 1 aliphatic heterocycles. The maximum absolute atomic E-state index is 13.4. The molecule has 1 unspecified atom stereocenters. The summed E-state index contributed by atoms with van der Waals surface area (Å²) in [6, 6.07) is 16.9. The van der Waals surface area contributed by atoms with E-state index in [1.807, 2.05) is 77.1 Å². The largest absolute Gasteiger partial charge is 0.437 e. The minimum absolute atomic E-state index is 0.0635. The Morgan fingerprint density at radius 3 is 2.72 bits per heavy atom. The monoisotopic (exact) mass is 480 g/mol. The summed E-state index contributed by atoms with van der Waals surface area (Å²) < 4.78 is 9.55. The van der Waals surface area contributed by atoms with Gasteiger partial charge in [-0.05, 0) is 17.7 Å². The number of benzene rings is 2. The van der Waals surface area contributed by atoms with E-state index in [1.165, 1.54) is 0 Å². The van der Waals surface area contributed by atoms with Gasteiger partial charge in [0.15, 0.2) is 0 Å². The van der Waals surface area contributed by atoms with Gasteiger partial charge in [-0.15, -0.1) is 0 Å². The van der Waals surface area contributed by atoms with Crippen LogP contribution in [-0.4, -0.2) is 44.2 Å². The van der Waals surface area contributed by atoms with Gasteiger partial charge in [0, 0.05) is 43.9 Å². The molecule has 0 spiro atoms. The number of likely N-dealkylation sites (N-methyl/N-ethyl adjacent to an activating group) is 1. The summed E-state index contributed by atoms with van der Waals surface area (Å²) in [5.74, 6) is -0.220. The lowest BCUT2D eigenvalue weighted by molar-refractivity contribution is -0.120. The highest BCUT2D eigenvalue weighted by molar-refractivity contribution is 6.10. The second kappa shape index (κ2) is 8.53. The average molecular weight is 481 g/mol. The molecule has 1 N–H and O–H groups in total. The Bertz CT molecular complexity index is 1600. The van der Waals surface area contributed by atoms with Crippen molar-refractivity contribution >= 4 is 28.4 Å². The van der Waals surface area contributed by atoms with E-state index in [4.69, 9.17) is 4.42 Å². The third-order valence-electron chi connectivity index (χ3n) is 6.62. The Kier molecular flexibility index (Phi) is 5.18. The lowest BCUT2D eigenvalue weighted by Crippen LogP contribution is -2.48. The van der Waals surface area contributed by atoms with Crippen LogP contribution in [0.15, 0.2) is 77.6 Å². The zero-order valence-electron chi connectivity index (χ0n) is 19.9. The first-order valence-electron chi connectivity index (χ1n) is 11.7. The summed E-state index contributed by atoms with van der Waals surface area (Å²) in [4.78, 5) is 32.1. The molecule has 0 bridgehead atoms. The van der Waals surface area contributed by atoms with Crippen molar-refractivity contribution in [1.82, 2.24) is 24.6 Å². The lowest BCUT2D eigenvalue weighted by atomic mass is 10.1. The summed E-state index contributed by atoms with van der Waals surface area (Å²) in [7, 11) is 3.63. The van der Waals surface area contributed by atoms with Crippen molar-refractivity contribution in [3.05, 3.63) is 90.4 Å². The van der Waals surface area contributed by atoms with Crippen LogP contribution in [-0.2, 0) is 24.8 Å². The normalized spacial score (nSPS) is 15.3. The average Bonchev–Trinajstić information content (AvgIpc) is 3.60. The molecule has 180 valence electrons. The topological polar surface area (TPSA) is 98.2 Å². The Hall–Kier alpha value is -4.66. The fourth-order valence-electron chi connectivity index (χ4n) is 4.84. The summed E-state index contributed by atoms with van der Waals surface area (Å²) in [6.45, 7) is 0.276. The van der Waals surface area contributed by atoms with Crippen LogP contribution in [0, 0.1) is 0 Å². The summed E-state index contributed by atoms with van der Waals surface area (Å²) >= 11 is 0. The minimum Gasteiger partial charge on any atom is -0.437 e. The molecule has 9 heteroatoms. The molecule has 2 amide bonds. The highest BCUT2D eigenvalue weighted by atomic mass is 16.4. The highest BCUT2D eigenvalue weighted by Crippen LogP contribution is 2.37. The van der Waals surface area contributed by atoms with Gasteiger partial charge in [-0.25, -0.2) is 4.98 Å². The van der Waals surface area contributed by atoms with Crippen molar-refractivity contribution in [2.45, 2.75) is 19.0 Å². The maximum Gasteiger partial charge on any atom is 0.307 e. The number of nitrogens with zero attached hydrogens (tertiary/aromatic N) is 5. The Morgan fingerprint density at radius 1 is 1.11 bits per heavy atom. The molecule has 6 rings (SSSR count). The molecule has 1 atom stereocenters. The van der Waals surface area contributed by atoms with Gasteiger partial charge < -0.3 is 19.2 Å². The highest BCUT2D eigenvalue weighted by Gasteiger charge is 2.32. The van der Waals surface area contributed by atoms with Crippen LogP contribution in [0.25, 0.3) is 22.2 Å². The van der Waals surface area contributed by atoms with Crippen molar-refractivity contribution in [3.63, 3.8) is 0 Å². The smallest absolute Gasteiger partial charge is 0.307 e. The van der Waals surface area contributed by atoms with Gasteiger partial charge in [0.1, 0.15) is 11.8 Å². The van der Waals surface area contributed by atoms with Crippen LogP contribution in [0.3, 0.4) is 0 Å². The molecule has 1 aliphatic rings. The zero-order chi connectivity index (χ0) is 24.8. The molecule has 4 heterocycles. The van der Waals surface area contributed by atoms with Gasteiger partial charge in [0.2, 0.25) is 0 Å². The SMILES string of the molecule is CN1C(=O)C(NC(=O)c2ncc(Cc3ccccc3)o2)Cn2cc(-c3ccnn3C)c3cccc1c32. The van der Waals surface area contributed by atoms with Gasteiger partial charge in [-0.2, -0.15) is 5.10 Å². The third kappa shape index (κ3) is 3.65. The number of carbonyl (C=O) groups excluding carboxylic acids is 2. The van der Waals surface area contributed by atoms with E-state index in [2.05, 4.69) is 15.4 Å². The number of rotatable bonds is 5. The molecule has 0 saturated heterocycles. The molecule has 0 fully saturated rings. The molecule has 0 aliphatic carbocycles. The number of aryl methyl sites for hydroxylation is 1. The van der Waals surface area contributed by atoms with Gasteiger partial charge in [-0.3, -0.25) is 14.3 Å². The van der Waals surface area contributed by atoms with Gasteiger partial charge >= 0.3 is 5.91 Å². The molecule has 5 aromatic rings. The summed E-state index contributed by atoms with van der Waals surface area (Å²) in [5.41, 5.74) is 4.75. The van der Waals surface area contributed by atoms with E-state index < -0.39 is 11.9 Å². The summed E-state index contributed by atoms with van der Waals surface area (Å²) in [5, 5.41) is 8.16. The molecular weight excluding hydrogens is 456 g/mol. The number of amides is 2. The van der Waals surface area contributed by atoms with E-state index >= 15 is 0 Å². The Balaban J connectivity index is 1.29. The number of hydrogen-bond donors (Lipinski definition) is 1. The van der Waals surface area contributed by atoms with Crippen LogP contribution < -0.4 is 10.2 Å². The number of anilines is 1. The maximum atomic E-state index is 13.4. The standard InChI is InChI=1S/C27H24N6O3/c1-31-23-10-6-9-19-20(22-11-12-29-32(22)2)15-33(24(19)23)16-21(27(31)35)30-25(34)26-28-14-18(36-26)13-17-7-4-3-5-8-17/h3-12,14-15,21H,13,16H2,1-2H3,(H,30,34). The Labute approximate surface area is 207 Å². The molecular formula is C27H24N6O3. The first-order valence-corrected chi connectivity index (χ1v) is 11.7. The van der Waals surface area contributed by atoms with Crippen LogP contribution in [0.1, 0.15) is 22.0 Å². The number of nitrogens with one attached hydrogen (secondary N) is 1. The van der Waals surface area contributed by atoms with Crippen LogP contribution in [0.5, 0.6) is 0 Å². The third-order valence-corrected chi connectivity index (χ3v) is 6.62. The number of oxazole rings is 1. The van der Waals surface area contributed by atoms with Gasteiger partial charge in [-0.1, -0.05) is 42.5 Å². The van der Waals surface area contributed by atoms with E-state index in [9.17, 15) is 9.59 Å². The van der Waals surface area contributed by atoms with Gasteiger partial charge in [0.25, 0.3) is 11.8 Å². The number of para-hydroxylation sites is 1. The predicted molar refractivity (Wildman–Crippen MR) is 135 cm³/mol. The fourth-order valence-corrected chi connectivity index (χ4v) is 4.84. The molecule has 9 nitrogen and oxygen atoms in total.